The van der Waals surface area contributed by atoms with Crippen LogP contribution < -0.4 is 0 Å². The summed E-state index contributed by atoms with van der Waals surface area (Å²) in [6.07, 6.45) is 1.67. The minimum Gasteiger partial charge on any atom is -0.443 e. The lowest BCUT2D eigenvalue weighted by molar-refractivity contribution is -0.142. The maximum Gasteiger partial charge on any atom is 0.417 e. The molecule has 0 aromatic carbocycles. The molecule has 0 aromatic heterocycles. The van der Waals surface area contributed by atoms with Crippen LogP contribution in [0.2, 0.25) is 0 Å². The lowest BCUT2D eigenvalue weighted by atomic mass is 9.98. The van der Waals surface area contributed by atoms with E-state index in [1.807, 2.05) is 6.92 Å². The summed E-state index contributed by atoms with van der Waals surface area (Å²) >= 11 is 0. The van der Waals surface area contributed by atoms with Gasteiger partial charge in [0.15, 0.2) is 0 Å². The maximum absolute atomic E-state index is 12.3. The number of ether oxygens (including phenoxy) is 1. The van der Waals surface area contributed by atoms with Crippen LogP contribution >= 0.6 is 0 Å². The van der Waals surface area contributed by atoms with Crippen molar-refractivity contribution in [1.82, 2.24) is 4.90 Å². The van der Waals surface area contributed by atoms with E-state index in [1.165, 1.54) is 0 Å². The predicted molar refractivity (Wildman–Crippen MR) is 76.1 cm³/mol. The third kappa shape index (κ3) is 4.07. The summed E-state index contributed by atoms with van der Waals surface area (Å²) in [6, 6.07) is -0.297. The van der Waals surface area contributed by atoms with E-state index >= 15 is 0 Å². The molecule has 0 bridgehead atoms. The van der Waals surface area contributed by atoms with Gasteiger partial charge in [0.05, 0.1) is 0 Å². The van der Waals surface area contributed by atoms with Crippen LogP contribution in [0.3, 0.4) is 0 Å². The van der Waals surface area contributed by atoms with Gasteiger partial charge in [0.25, 0.3) is 5.91 Å². The molecule has 3 atom stereocenters. The first-order valence-electron chi connectivity index (χ1n) is 7.02. The number of amides is 2. The van der Waals surface area contributed by atoms with E-state index in [0.717, 1.165) is 4.90 Å². The Morgan fingerprint density at radius 1 is 1.50 bits per heavy atom. The fourth-order valence-corrected chi connectivity index (χ4v) is 2.27. The standard InChI is InChI=1S/C15H25NO4/c1-6-7-11-9-8-10(2)12(17)13(18)16(11)14(19)20-15(3,4)5/h6,10-12,17H,1,7-9H2,2-5H3. The first kappa shape index (κ1) is 16.7. The highest BCUT2D eigenvalue weighted by Gasteiger charge is 2.40. The molecular formula is C15H25NO4. The van der Waals surface area contributed by atoms with Gasteiger partial charge in [0, 0.05) is 6.04 Å². The molecular weight excluding hydrogens is 258 g/mol. The summed E-state index contributed by atoms with van der Waals surface area (Å²) in [5.74, 6) is -0.738. The van der Waals surface area contributed by atoms with Crippen molar-refractivity contribution in [2.75, 3.05) is 0 Å². The lowest BCUT2D eigenvalue weighted by Crippen LogP contribution is -2.49. The SMILES string of the molecule is C=CCC1CCC(C)C(O)C(=O)N1C(=O)OC(C)(C)C. The molecule has 20 heavy (non-hydrogen) atoms. The number of likely N-dealkylation sites (tertiary alicyclic amines) is 1. The topological polar surface area (TPSA) is 66.8 Å². The minimum absolute atomic E-state index is 0.165. The van der Waals surface area contributed by atoms with E-state index in [4.69, 9.17) is 4.74 Å². The Bertz CT molecular complexity index is 386. The van der Waals surface area contributed by atoms with Crippen LogP contribution in [0.1, 0.15) is 47.0 Å². The zero-order valence-corrected chi connectivity index (χ0v) is 12.8. The number of aliphatic hydroxyl groups is 1. The second kappa shape index (κ2) is 6.39. The zero-order valence-electron chi connectivity index (χ0n) is 12.8. The second-order valence-electron chi connectivity index (χ2n) is 6.37. The van der Waals surface area contributed by atoms with Crippen molar-refractivity contribution in [1.29, 1.82) is 0 Å². The van der Waals surface area contributed by atoms with Crippen LogP contribution in [-0.4, -0.2) is 39.8 Å². The summed E-state index contributed by atoms with van der Waals surface area (Å²) in [5.41, 5.74) is -0.682. The lowest BCUT2D eigenvalue weighted by Gasteiger charge is -2.31. The highest BCUT2D eigenvalue weighted by atomic mass is 16.6. The number of nitrogens with zero attached hydrogens (tertiary/aromatic N) is 1. The van der Waals surface area contributed by atoms with Gasteiger partial charge >= 0.3 is 6.09 Å². The number of hydrogen-bond donors (Lipinski definition) is 1. The summed E-state index contributed by atoms with van der Waals surface area (Å²) < 4.78 is 5.28. The number of imide groups is 1. The first-order chi connectivity index (χ1) is 9.17. The Kier molecular flexibility index (Phi) is 5.34. The summed E-state index contributed by atoms with van der Waals surface area (Å²) in [4.78, 5) is 25.6. The molecule has 0 spiro atoms. The third-order valence-electron chi connectivity index (χ3n) is 3.38. The fraction of sp³-hybridized carbons (Fsp3) is 0.733. The quantitative estimate of drug-likeness (QED) is 0.791. The van der Waals surface area contributed by atoms with Gasteiger partial charge in [-0.25, -0.2) is 9.69 Å². The van der Waals surface area contributed by atoms with E-state index in [-0.39, 0.29) is 12.0 Å². The average Bonchev–Trinajstić information content (AvgIpc) is 2.40. The average molecular weight is 283 g/mol. The molecule has 1 saturated heterocycles. The summed E-state index contributed by atoms with van der Waals surface area (Å²) in [6.45, 7) is 10.7. The molecule has 3 unspecified atom stereocenters. The van der Waals surface area contributed by atoms with Gasteiger partial charge in [-0.15, -0.1) is 6.58 Å². The van der Waals surface area contributed by atoms with E-state index in [9.17, 15) is 14.7 Å². The monoisotopic (exact) mass is 283 g/mol. The third-order valence-corrected chi connectivity index (χ3v) is 3.38. The fourth-order valence-electron chi connectivity index (χ4n) is 2.27. The van der Waals surface area contributed by atoms with E-state index in [0.29, 0.717) is 19.3 Å². The number of carbonyl (C=O) groups excluding carboxylic acids is 2. The van der Waals surface area contributed by atoms with E-state index in [2.05, 4.69) is 6.58 Å². The highest BCUT2D eigenvalue weighted by Crippen LogP contribution is 2.26. The Balaban J connectivity index is 3.02. The molecule has 5 nitrogen and oxygen atoms in total. The number of aliphatic hydroxyl groups excluding tert-OH is 1. The van der Waals surface area contributed by atoms with Crippen molar-refractivity contribution in [3.8, 4) is 0 Å². The van der Waals surface area contributed by atoms with Crippen LogP contribution in [0, 0.1) is 5.92 Å². The number of carbonyl (C=O) groups is 2. The Hall–Kier alpha value is -1.36. The van der Waals surface area contributed by atoms with Gasteiger partial charge in [0.2, 0.25) is 0 Å². The molecule has 1 heterocycles. The van der Waals surface area contributed by atoms with Crippen LogP contribution in [0.4, 0.5) is 4.79 Å². The minimum atomic E-state index is -1.16. The summed E-state index contributed by atoms with van der Waals surface area (Å²) in [7, 11) is 0. The van der Waals surface area contributed by atoms with E-state index < -0.39 is 23.7 Å². The highest BCUT2D eigenvalue weighted by molar-refractivity contribution is 5.95. The Labute approximate surface area is 120 Å². The molecule has 1 N–H and O–H groups in total. The normalized spacial score (nSPS) is 27.9. The number of hydrogen-bond acceptors (Lipinski definition) is 4. The molecule has 0 aliphatic carbocycles. The largest absolute Gasteiger partial charge is 0.443 e. The molecule has 0 saturated carbocycles. The Morgan fingerprint density at radius 2 is 2.10 bits per heavy atom. The first-order valence-corrected chi connectivity index (χ1v) is 7.02. The van der Waals surface area contributed by atoms with Crippen molar-refractivity contribution < 1.29 is 19.4 Å². The summed E-state index contributed by atoms with van der Waals surface area (Å²) in [5, 5.41) is 10.0. The molecule has 1 aliphatic rings. The molecule has 0 radical (unpaired) electrons. The van der Waals surface area contributed by atoms with Gasteiger partial charge in [-0.1, -0.05) is 13.0 Å². The van der Waals surface area contributed by atoms with Gasteiger partial charge in [0.1, 0.15) is 11.7 Å². The molecule has 0 aromatic rings. The number of rotatable bonds is 2. The van der Waals surface area contributed by atoms with Gasteiger partial charge < -0.3 is 9.84 Å². The van der Waals surface area contributed by atoms with Crippen molar-refractivity contribution in [3.63, 3.8) is 0 Å². The molecule has 114 valence electrons. The van der Waals surface area contributed by atoms with Crippen LogP contribution in [0.25, 0.3) is 0 Å². The maximum atomic E-state index is 12.3. The van der Waals surface area contributed by atoms with Crippen LogP contribution in [0.5, 0.6) is 0 Å². The van der Waals surface area contributed by atoms with Crippen molar-refractivity contribution in [2.45, 2.75) is 64.7 Å². The smallest absolute Gasteiger partial charge is 0.417 e. The Morgan fingerprint density at radius 3 is 2.60 bits per heavy atom. The van der Waals surface area contributed by atoms with Crippen molar-refractivity contribution in [3.05, 3.63) is 12.7 Å². The van der Waals surface area contributed by atoms with Gasteiger partial charge in [-0.05, 0) is 46.0 Å². The zero-order chi connectivity index (χ0) is 15.5. The van der Waals surface area contributed by atoms with E-state index in [1.54, 1.807) is 26.8 Å². The van der Waals surface area contributed by atoms with Gasteiger partial charge in [-0.3, -0.25) is 4.79 Å². The molecule has 1 fully saturated rings. The predicted octanol–water partition coefficient (Wildman–Crippen LogP) is 2.49. The van der Waals surface area contributed by atoms with Crippen molar-refractivity contribution in [2.24, 2.45) is 5.92 Å². The second-order valence-corrected chi connectivity index (χ2v) is 6.37. The van der Waals surface area contributed by atoms with Crippen molar-refractivity contribution >= 4 is 12.0 Å². The molecule has 1 rings (SSSR count). The van der Waals surface area contributed by atoms with Crippen LogP contribution in [-0.2, 0) is 9.53 Å². The van der Waals surface area contributed by atoms with Crippen LogP contribution in [0.15, 0.2) is 12.7 Å². The molecule has 1 aliphatic heterocycles. The van der Waals surface area contributed by atoms with Gasteiger partial charge in [-0.2, -0.15) is 0 Å². The molecule has 5 heteroatoms. The molecule has 2 amide bonds.